The van der Waals surface area contributed by atoms with E-state index in [9.17, 15) is 9.90 Å². The van der Waals surface area contributed by atoms with E-state index in [2.05, 4.69) is 6.58 Å². The summed E-state index contributed by atoms with van der Waals surface area (Å²) in [5.41, 5.74) is 1.45. The quantitative estimate of drug-likeness (QED) is 0.744. The van der Waals surface area contributed by atoms with Gasteiger partial charge >= 0.3 is 5.97 Å². The Labute approximate surface area is 88.0 Å². The Kier molecular flexibility index (Phi) is 3.29. The first-order chi connectivity index (χ1) is 7.00. The molecule has 3 heteroatoms. The van der Waals surface area contributed by atoms with Gasteiger partial charge in [-0.3, -0.25) is 0 Å². The lowest BCUT2D eigenvalue weighted by atomic mass is 10.1. The predicted molar refractivity (Wildman–Crippen MR) is 58.9 cm³/mol. The maximum Gasteiger partial charge on any atom is 0.335 e. The number of rotatable bonds is 3. The number of carboxylic acids is 1. The van der Waals surface area contributed by atoms with Gasteiger partial charge in [-0.2, -0.15) is 0 Å². The fourth-order valence-electron chi connectivity index (χ4n) is 1.05. The Morgan fingerprint density at radius 1 is 1.47 bits per heavy atom. The second kappa shape index (κ2) is 4.46. The van der Waals surface area contributed by atoms with Crippen LogP contribution in [-0.4, -0.2) is 16.2 Å². The molecule has 1 rings (SSSR count). The molecular formula is C12H12O3. The molecule has 3 nitrogen and oxygen atoms in total. The Hall–Kier alpha value is -2.03. The van der Waals surface area contributed by atoms with Crippen molar-refractivity contribution in [3.05, 3.63) is 47.6 Å². The van der Waals surface area contributed by atoms with Gasteiger partial charge in [0.2, 0.25) is 0 Å². The summed E-state index contributed by atoms with van der Waals surface area (Å²) in [6, 6.07) is 4.13. The van der Waals surface area contributed by atoms with Gasteiger partial charge in [-0.15, -0.1) is 0 Å². The van der Waals surface area contributed by atoms with Crippen LogP contribution < -0.4 is 0 Å². The molecule has 0 spiro atoms. The first-order valence-electron chi connectivity index (χ1n) is 4.40. The fraction of sp³-hybridized carbons (Fsp3) is 0.0833. The molecule has 1 aromatic carbocycles. The Balaban J connectivity index is 3.11. The van der Waals surface area contributed by atoms with Crippen LogP contribution >= 0.6 is 0 Å². The smallest absolute Gasteiger partial charge is 0.335 e. The summed E-state index contributed by atoms with van der Waals surface area (Å²) in [7, 11) is 0. The summed E-state index contributed by atoms with van der Waals surface area (Å²) in [4.78, 5) is 10.7. The third kappa shape index (κ3) is 2.98. The van der Waals surface area contributed by atoms with Crippen molar-refractivity contribution in [1.29, 1.82) is 0 Å². The van der Waals surface area contributed by atoms with E-state index in [1.165, 1.54) is 18.2 Å². The zero-order chi connectivity index (χ0) is 11.4. The van der Waals surface area contributed by atoms with Gasteiger partial charge in [0.25, 0.3) is 0 Å². The molecule has 0 amide bonds. The molecule has 0 bridgehead atoms. The van der Waals surface area contributed by atoms with Gasteiger partial charge in [0.05, 0.1) is 5.56 Å². The van der Waals surface area contributed by atoms with Crippen LogP contribution in [0, 0.1) is 0 Å². The van der Waals surface area contributed by atoms with E-state index >= 15 is 0 Å². The summed E-state index contributed by atoms with van der Waals surface area (Å²) in [6.07, 6.45) is 3.34. The minimum atomic E-state index is -1.01. The molecule has 78 valence electrons. The number of carbonyl (C=O) groups is 1. The van der Waals surface area contributed by atoms with Gasteiger partial charge in [-0.1, -0.05) is 24.3 Å². The van der Waals surface area contributed by atoms with E-state index in [1.54, 1.807) is 12.2 Å². The molecule has 0 saturated heterocycles. The summed E-state index contributed by atoms with van der Waals surface area (Å²) in [5.74, 6) is -0.961. The number of aromatic hydroxyl groups is 1. The van der Waals surface area contributed by atoms with E-state index in [1.807, 2.05) is 6.92 Å². The molecule has 0 radical (unpaired) electrons. The summed E-state index contributed by atoms with van der Waals surface area (Å²) in [5, 5.41) is 18.2. The van der Waals surface area contributed by atoms with Crippen LogP contribution in [0.2, 0.25) is 0 Å². The highest BCUT2D eigenvalue weighted by Crippen LogP contribution is 2.20. The first-order valence-corrected chi connectivity index (χ1v) is 4.40. The van der Waals surface area contributed by atoms with Crippen LogP contribution in [0.15, 0.2) is 36.4 Å². The van der Waals surface area contributed by atoms with E-state index in [0.717, 1.165) is 5.57 Å². The zero-order valence-electron chi connectivity index (χ0n) is 8.40. The third-order valence-corrected chi connectivity index (χ3v) is 1.82. The molecule has 0 unspecified atom stereocenters. The Morgan fingerprint density at radius 3 is 2.67 bits per heavy atom. The molecule has 0 aliphatic rings. The average molecular weight is 204 g/mol. The molecule has 0 heterocycles. The van der Waals surface area contributed by atoms with Gasteiger partial charge in [0.15, 0.2) is 0 Å². The number of phenolic OH excluding ortho intramolecular Hbond substituents is 1. The molecule has 0 atom stereocenters. The number of hydrogen-bond donors (Lipinski definition) is 2. The van der Waals surface area contributed by atoms with Crippen molar-refractivity contribution < 1.29 is 15.0 Å². The minimum absolute atomic E-state index is 0.0532. The molecule has 0 saturated carbocycles. The van der Waals surface area contributed by atoms with E-state index < -0.39 is 5.97 Å². The van der Waals surface area contributed by atoms with Gasteiger partial charge in [-0.25, -0.2) is 4.79 Å². The van der Waals surface area contributed by atoms with Crippen LogP contribution in [0.25, 0.3) is 6.08 Å². The van der Waals surface area contributed by atoms with Crippen molar-refractivity contribution in [2.45, 2.75) is 6.92 Å². The lowest BCUT2D eigenvalue weighted by Crippen LogP contribution is -1.95. The lowest BCUT2D eigenvalue weighted by Gasteiger charge is -2.00. The second-order valence-electron chi connectivity index (χ2n) is 3.26. The Bertz CT molecular complexity index is 430. The SMILES string of the molecule is C=C(C)C=Cc1cc(C(=O)O)ccc1O. The second-order valence-corrected chi connectivity index (χ2v) is 3.26. The van der Waals surface area contributed by atoms with Crippen molar-refractivity contribution in [1.82, 2.24) is 0 Å². The normalized spacial score (nSPS) is 10.5. The summed E-state index contributed by atoms with van der Waals surface area (Å²) >= 11 is 0. The topological polar surface area (TPSA) is 57.5 Å². The van der Waals surface area contributed by atoms with E-state index in [0.29, 0.717) is 5.56 Å². The van der Waals surface area contributed by atoms with Crippen molar-refractivity contribution in [2.24, 2.45) is 0 Å². The molecule has 0 aliphatic carbocycles. The van der Waals surface area contributed by atoms with Crippen LogP contribution in [0.4, 0.5) is 0 Å². The number of hydrogen-bond acceptors (Lipinski definition) is 2. The lowest BCUT2D eigenvalue weighted by molar-refractivity contribution is 0.0697. The number of allylic oxidation sites excluding steroid dienone is 2. The molecule has 0 aromatic heterocycles. The predicted octanol–water partition coefficient (Wildman–Crippen LogP) is 2.68. The van der Waals surface area contributed by atoms with Crippen molar-refractivity contribution in [3.8, 4) is 5.75 Å². The summed E-state index contributed by atoms with van der Waals surface area (Å²) < 4.78 is 0. The van der Waals surface area contributed by atoms with Crippen LogP contribution in [0.5, 0.6) is 5.75 Å². The van der Waals surface area contributed by atoms with Crippen LogP contribution in [0.1, 0.15) is 22.8 Å². The van der Waals surface area contributed by atoms with E-state index in [4.69, 9.17) is 5.11 Å². The van der Waals surface area contributed by atoms with Gasteiger partial charge in [0, 0.05) is 5.56 Å². The first kappa shape index (κ1) is 11.0. The molecule has 2 N–H and O–H groups in total. The third-order valence-electron chi connectivity index (χ3n) is 1.82. The van der Waals surface area contributed by atoms with Gasteiger partial charge in [-0.05, 0) is 25.1 Å². The highest BCUT2D eigenvalue weighted by Gasteiger charge is 2.05. The van der Waals surface area contributed by atoms with Gasteiger partial charge < -0.3 is 10.2 Å². The van der Waals surface area contributed by atoms with Crippen LogP contribution in [-0.2, 0) is 0 Å². The monoisotopic (exact) mass is 204 g/mol. The molecule has 0 fully saturated rings. The fourth-order valence-corrected chi connectivity index (χ4v) is 1.05. The number of phenols is 1. The molecule has 0 aliphatic heterocycles. The molecular weight excluding hydrogens is 192 g/mol. The van der Waals surface area contributed by atoms with Crippen molar-refractivity contribution in [2.75, 3.05) is 0 Å². The number of aromatic carboxylic acids is 1. The van der Waals surface area contributed by atoms with Crippen molar-refractivity contribution in [3.63, 3.8) is 0 Å². The summed E-state index contributed by atoms with van der Waals surface area (Å²) in [6.45, 7) is 5.49. The van der Waals surface area contributed by atoms with Gasteiger partial charge in [0.1, 0.15) is 5.75 Å². The average Bonchev–Trinajstić information content (AvgIpc) is 2.16. The zero-order valence-corrected chi connectivity index (χ0v) is 8.40. The number of benzene rings is 1. The molecule has 1 aromatic rings. The maximum absolute atomic E-state index is 10.7. The maximum atomic E-state index is 10.7. The van der Waals surface area contributed by atoms with Crippen LogP contribution in [0.3, 0.4) is 0 Å². The minimum Gasteiger partial charge on any atom is -0.507 e. The van der Waals surface area contributed by atoms with Crippen molar-refractivity contribution >= 4 is 12.0 Å². The highest BCUT2D eigenvalue weighted by atomic mass is 16.4. The Morgan fingerprint density at radius 2 is 2.13 bits per heavy atom. The standard InChI is InChI=1S/C12H12O3/c1-8(2)3-4-9-7-10(12(14)15)5-6-11(9)13/h3-7,13H,1H2,2H3,(H,14,15). The highest BCUT2D eigenvalue weighted by molar-refractivity contribution is 5.88. The number of carboxylic acid groups (broad SMARTS) is 1. The largest absolute Gasteiger partial charge is 0.507 e. The van der Waals surface area contributed by atoms with E-state index in [-0.39, 0.29) is 11.3 Å². The molecule has 15 heavy (non-hydrogen) atoms.